The molecule has 3 rings (SSSR count). The van der Waals surface area contributed by atoms with Crippen LogP contribution in [0.3, 0.4) is 0 Å². The van der Waals surface area contributed by atoms with E-state index in [2.05, 4.69) is 15.4 Å². The molecule has 1 aliphatic rings. The number of rotatable bonds is 1. The first-order valence-electron chi connectivity index (χ1n) is 6.71. The van der Waals surface area contributed by atoms with Crippen molar-refractivity contribution in [2.24, 2.45) is 7.05 Å². The molecule has 0 amide bonds. The number of fused-ring (bicyclic) bond motifs is 1. The van der Waals surface area contributed by atoms with Crippen LogP contribution < -0.4 is 5.32 Å². The maximum Gasteiger partial charge on any atom is 0.433 e. The lowest BCUT2D eigenvalue weighted by Crippen LogP contribution is -2.27. The number of alkyl halides is 3. The fourth-order valence-electron chi connectivity index (χ4n) is 2.74. The van der Waals surface area contributed by atoms with Gasteiger partial charge in [-0.25, -0.2) is 4.98 Å². The molecule has 21 heavy (non-hydrogen) atoms. The van der Waals surface area contributed by atoms with Gasteiger partial charge >= 0.3 is 6.18 Å². The summed E-state index contributed by atoms with van der Waals surface area (Å²) in [6, 6.07) is 4.06. The van der Waals surface area contributed by atoms with Gasteiger partial charge in [-0.3, -0.25) is 4.68 Å². The number of hydrogen-bond acceptors (Lipinski definition) is 3. The molecule has 7 heteroatoms. The van der Waals surface area contributed by atoms with Crippen LogP contribution >= 0.6 is 0 Å². The van der Waals surface area contributed by atoms with Crippen LogP contribution in [0.4, 0.5) is 13.2 Å². The summed E-state index contributed by atoms with van der Waals surface area (Å²) in [6.07, 6.45) is -3.70. The SMILES string of the molecule is CC1NCCc2c1nn(C)c2-c1cccc(C(F)(F)F)n1. The van der Waals surface area contributed by atoms with Gasteiger partial charge in [0.25, 0.3) is 0 Å². The molecule has 0 spiro atoms. The molecule has 112 valence electrons. The highest BCUT2D eigenvalue weighted by molar-refractivity contribution is 5.62. The molecule has 2 aromatic heterocycles. The minimum absolute atomic E-state index is 0.0968. The molecule has 1 N–H and O–H groups in total. The second-order valence-electron chi connectivity index (χ2n) is 5.17. The minimum Gasteiger partial charge on any atom is -0.308 e. The van der Waals surface area contributed by atoms with Crippen molar-refractivity contribution in [3.63, 3.8) is 0 Å². The topological polar surface area (TPSA) is 42.7 Å². The van der Waals surface area contributed by atoms with Crippen LogP contribution in [0.1, 0.15) is 29.9 Å². The van der Waals surface area contributed by atoms with Crippen molar-refractivity contribution in [1.82, 2.24) is 20.1 Å². The lowest BCUT2D eigenvalue weighted by Gasteiger charge is -2.19. The van der Waals surface area contributed by atoms with E-state index in [0.29, 0.717) is 11.4 Å². The fourth-order valence-corrected chi connectivity index (χ4v) is 2.74. The van der Waals surface area contributed by atoms with E-state index in [9.17, 15) is 13.2 Å². The Kier molecular flexibility index (Phi) is 3.24. The Labute approximate surface area is 120 Å². The van der Waals surface area contributed by atoms with E-state index >= 15 is 0 Å². The van der Waals surface area contributed by atoms with E-state index in [4.69, 9.17) is 0 Å². The maximum absolute atomic E-state index is 12.8. The summed E-state index contributed by atoms with van der Waals surface area (Å²) in [5.41, 5.74) is 1.98. The Bertz CT molecular complexity index is 675. The van der Waals surface area contributed by atoms with Gasteiger partial charge in [0.05, 0.1) is 17.1 Å². The molecular formula is C14H15F3N4. The Morgan fingerprint density at radius 2 is 2.10 bits per heavy atom. The standard InChI is InChI=1S/C14H15F3N4/c1-8-12-9(6-7-18-8)13(21(2)20-12)10-4-3-5-11(19-10)14(15,16)17/h3-5,8,18H,6-7H2,1-2H3. The number of nitrogens with zero attached hydrogens (tertiary/aromatic N) is 3. The van der Waals surface area contributed by atoms with Crippen molar-refractivity contribution in [3.05, 3.63) is 35.2 Å². The largest absolute Gasteiger partial charge is 0.433 e. The van der Waals surface area contributed by atoms with Crippen LogP contribution in [0.15, 0.2) is 18.2 Å². The smallest absolute Gasteiger partial charge is 0.308 e. The molecular weight excluding hydrogens is 281 g/mol. The first kappa shape index (κ1) is 14.1. The van der Waals surface area contributed by atoms with E-state index in [-0.39, 0.29) is 6.04 Å². The summed E-state index contributed by atoms with van der Waals surface area (Å²) >= 11 is 0. The lowest BCUT2D eigenvalue weighted by molar-refractivity contribution is -0.141. The third-order valence-corrected chi connectivity index (χ3v) is 3.69. The van der Waals surface area contributed by atoms with Crippen molar-refractivity contribution in [1.29, 1.82) is 0 Å². The Hall–Kier alpha value is -1.89. The first-order valence-corrected chi connectivity index (χ1v) is 6.71. The predicted octanol–water partition coefficient (Wildman–Crippen LogP) is 2.71. The number of aromatic nitrogens is 3. The van der Waals surface area contributed by atoms with Crippen LogP contribution in [0.2, 0.25) is 0 Å². The van der Waals surface area contributed by atoms with Crippen molar-refractivity contribution >= 4 is 0 Å². The van der Waals surface area contributed by atoms with Gasteiger partial charge in [-0.2, -0.15) is 18.3 Å². The molecule has 2 aromatic rings. The number of aryl methyl sites for hydroxylation is 1. The average molecular weight is 296 g/mol. The zero-order chi connectivity index (χ0) is 15.2. The summed E-state index contributed by atoms with van der Waals surface area (Å²) in [5.74, 6) is 0. The molecule has 0 aliphatic carbocycles. The molecule has 3 heterocycles. The molecule has 1 aliphatic heterocycles. The summed E-state index contributed by atoms with van der Waals surface area (Å²) < 4.78 is 40.1. The zero-order valence-electron chi connectivity index (χ0n) is 11.7. The average Bonchev–Trinajstić information content (AvgIpc) is 2.76. The Balaban J connectivity index is 2.13. The molecule has 0 saturated carbocycles. The van der Waals surface area contributed by atoms with Gasteiger partial charge in [0.1, 0.15) is 5.69 Å². The first-order chi connectivity index (χ1) is 9.88. The summed E-state index contributed by atoms with van der Waals surface area (Å²) in [6.45, 7) is 2.78. The van der Waals surface area contributed by atoms with E-state index in [1.807, 2.05) is 6.92 Å². The Morgan fingerprint density at radius 1 is 1.33 bits per heavy atom. The summed E-state index contributed by atoms with van der Waals surface area (Å²) in [4.78, 5) is 3.77. The number of pyridine rings is 1. The van der Waals surface area contributed by atoms with Gasteiger partial charge in [0, 0.05) is 18.7 Å². The van der Waals surface area contributed by atoms with Crippen LogP contribution in [0.5, 0.6) is 0 Å². The third kappa shape index (κ3) is 2.42. The van der Waals surface area contributed by atoms with Gasteiger partial charge in [-0.1, -0.05) is 6.07 Å². The monoisotopic (exact) mass is 296 g/mol. The predicted molar refractivity (Wildman–Crippen MR) is 71.6 cm³/mol. The number of nitrogens with one attached hydrogen (secondary N) is 1. The van der Waals surface area contributed by atoms with Gasteiger partial charge in [-0.15, -0.1) is 0 Å². The van der Waals surface area contributed by atoms with Crippen molar-refractivity contribution < 1.29 is 13.2 Å². The highest BCUT2D eigenvalue weighted by Crippen LogP contribution is 2.33. The van der Waals surface area contributed by atoms with Gasteiger partial charge in [0.15, 0.2) is 0 Å². The van der Waals surface area contributed by atoms with E-state index < -0.39 is 11.9 Å². The molecule has 4 nitrogen and oxygen atoms in total. The van der Waals surface area contributed by atoms with Crippen molar-refractivity contribution in [2.75, 3.05) is 6.54 Å². The van der Waals surface area contributed by atoms with Gasteiger partial charge in [0.2, 0.25) is 0 Å². The van der Waals surface area contributed by atoms with Crippen molar-refractivity contribution in [2.45, 2.75) is 25.6 Å². The van der Waals surface area contributed by atoms with E-state index in [1.54, 1.807) is 17.8 Å². The maximum atomic E-state index is 12.8. The third-order valence-electron chi connectivity index (χ3n) is 3.69. The van der Waals surface area contributed by atoms with E-state index in [0.717, 1.165) is 30.3 Å². The van der Waals surface area contributed by atoms with Crippen LogP contribution in [-0.2, 0) is 19.6 Å². The molecule has 0 radical (unpaired) electrons. The highest BCUT2D eigenvalue weighted by Gasteiger charge is 2.33. The molecule has 1 unspecified atom stereocenters. The van der Waals surface area contributed by atoms with Crippen LogP contribution in [0.25, 0.3) is 11.4 Å². The molecule has 0 fully saturated rings. The van der Waals surface area contributed by atoms with Crippen molar-refractivity contribution in [3.8, 4) is 11.4 Å². The summed E-state index contributed by atoms with van der Waals surface area (Å²) in [5, 5.41) is 7.72. The molecule has 1 atom stereocenters. The van der Waals surface area contributed by atoms with Crippen LogP contribution in [-0.4, -0.2) is 21.3 Å². The zero-order valence-corrected chi connectivity index (χ0v) is 11.7. The van der Waals surface area contributed by atoms with Crippen LogP contribution in [0, 0.1) is 0 Å². The molecule has 0 saturated heterocycles. The quantitative estimate of drug-likeness (QED) is 0.880. The van der Waals surface area contributed by atoms with E-state index in [1.165, 1.54) is 6.07 Å². The number of halogens is 3. The normalized spacial score (nSPS) is 18.6. The summed E-state index contributed by atoms with van der Waals surface area (Å²) in [7, 11) is 1.74. The molecule has 0 aromatic carbocycles. The van der Waals surface area contributed by atoms with Gasteiger partial charge < -0.3 is 5.32 Å². The van der Waals surface area contributed by atoms with Gasteiger partial charge in [-0.05, 0) is 32.0 Å². The fraction of sp³-hybridized carbons (Fsp3) is 0.429. The second-order valence-corrected chi connectivity index (χ2v) is 5.17. The lowest BCUT2D eigenvalue weighted by atomic mass is 9.99. The second kappa shape index (κ2) is 4.84. The number of hydrogen-bond donors (Lipinski definition) is 1. The molecule has 0 bridgehead atoms. The highest BCUT2D eigenvalue weighted by atomic mass is 19.4. The Morgan fingerprint density at radius 3 is 2.81 bits per heavy atom. The minimum atomic E-state index is -4.44.